The molecule has 0 radical (unpaired) electrons. The highest BCUT2D eigenvalue weighted by Gasteiger charge is 2.28. The maximum Gasteiger partial charge on any atom is 0.238 e. The van der Waals surface area contributed by atoms with Crippen molar-refractivity contribution in [2.75, 3.05) is 14.2 Å². The molecule has 1 aromatic carbocycles. The number of hydrogen-bond acceptors (Lipinski definition) is 8. The lowest BCUT2D eigenvalue weighted by Gasteiger charge is -2.23. The highest BCUT2D eigenvalue weighted by Crippen LogP contribution is 2.37. The van der Waals surface area contributed by atoms with Crippen molar-refractivity contribution in [2.45, 2.75) is 32.2 Å². The van der Waals surface area contributed by atoms with Gasteiger partial charge in [-0.15, -0.1) is 5.10 Å². The van der Waals surface area contributed by atoms with Crippen LogP contribution in [-0.4, -0.2) is 53.5 Å². The van der Waals surface area contributed by atoms with Crippen molar-refractivity contribution in [1.82, 2.24) is 39.3 Å². The molecule has 37 heavy (non-hydrogen) atoms. The van der Waals surface area contributed by atoms with E-state index in [1.165, 1.54) is 0 Å². The molecule has 0 saturated carbocycles. The van der Waals surface area contributed by atoms with Crippen LogP contribution in [0.1, 0.15) is 35.8 Å². The number of nitrogens with zero attached hydrogens (tertiary/aromatic N) is 8. The molecule has 6 rings (SSSR count). The largest absolute Gasteiger partial charge is 0.496 e. The van der Waals surface area contributed by atoms with E-state index in [-0.39, 0.29) is 5.92 Å². The van der Waals surface area contributed by atoms with Gasteiger partial charge in [0.05, 0.1) is 31.8 Å². The zero-order valence-electron chi connectivity index (χ0n) is 20.9. The first-order valence-corrected chi connectivity index (χ1v) is 12.1. The number of fused-ring (bicyclic) bond motifs is 1. The Morgan fingerprint density at radius 1 is 0.946 bits per heavy atom. The fraction of sp³-hybridized carbons (Fsp3) is 0.259. The number of aromatic nitrogens is 8. The van der Waals surface area contributed by atoms with E-state index < -0.39 is 0 Å². The standard InChI is InChI=1S/C27H26N8O2/c1-17-15-34(16-30-17)22-9-8-21(31-27(22)37-3)25-32-26-19(6-4-13-35(26)33-25)18-7-10-23(36-2)20(14-18)24-28-11-5-12-29-24/h5,7-12,14-16,19H,4,6,13H2,1-3H3/t19-/m0/s1. The molecule has 0 saturated heterocycles. The minimum Gasteiger partial charge on any atom is -0.496 e. The van der Waals surface area contributed by atoms with Gasteiger partial charge in [0.15, 0.2) is 11.6 Å². The molecule has 0 unspecified atom stereocenters. The van der Waals surface area contributed by atoms with Gasteiger partial charge in [-0.25, -0.2) is 29.6 Å². The second kappa shape index (κ2) is 9.45. The summed E-state index contributed by atoms with van der Waals surface area (Å²) in [4.78, 5) is 22.8. The van der Waals surface area contributed by atoms with E-state index in [4.69, 9.17) is 24.5 Å². The van der Waals surface area contributed by atoms with Gasteiger partial charge in [0.2, 0.25) is 5.88 Å². The smallest absolute Gasteiger partial charge is 0.238 e. The third kappa shape index (κ3) is 4.20. The van der Waals surface area contributed by atoms with E-state index >= 15 is 0 Å². The molecular formula is C27H26N8O2. The quantitative estimate of drug-likeness (QED) is 0.345. The molecular weight excluding hydrogens is 468 g/mol. The highest BCUT2D eigenvalue weighted by atomic mass is 16.5. The van der Waals surface area contributed by atoms with Gasteiger partial charge in [-0.1, -0.05) is 6.07 Å². The fourth-order valence-electron chi connectivity index (χ4n) is 4.79. The van der Waals surface area contributed by atoms with Crippen LogP contribution in [0.5, 0.6) is 11.6 Å². The molecule has 5 heterocycles. The first kappa shape index (κ1) is 22.8. The Bertz CT molecular complexity index is 1560. The van der Waals surface area contributed by atoms with Gasteiger partial charge in [0, 0.05) is 31.1 Å². The Labute approximate surface area is 214 Å². The lowest BCUT2D eigenvalue weighted by atomic mass is 9.90. The zero-order valence-corrected chi connectivity index (χ0v) is 20.9. The van der Waals surface area contributed by atoms with Gasteiger partial charge in [-0.3, -0.25) is 0 Å². The van der Waals surface area contributed by atoms with E-state index in [0.717, 1.165) is 53.5 Å². The molecule has 4 aromatic heterocycles. The van der Waals surface area contributed by atoms with Crippen LogP contribution in [0.2, 0.25) is 0 Å². The van der Waals surface area contributed by atoms with Crippen molar-refractivity contribution in [3.8, 4) is 40.2 Å². The summed E-state index contributed by atoms with van der Waals surface area (Å²) in [6.45, 7) is 2.76. The maximum atomic E-state index is 5.60. The third-order valence-electron chi connectivity index (χ3n) is 6.56. The van der Waals surface area contributed by atoms with Crippen LogP contribution in [0.3, 0.4) is 0 Å². The van der Waals surface area contributed by atoms with Crippen LogP contribution in [0, 0.1) is 6.92 Å². The lowest BCUT2D eigenvalue weighted by molar-refractivity contribution is 0.396. The van der Waals surface area contributed by atoms with Crippen LogP contribution in [0.25, 0.3) is 28.6 Å². The van der Waals surface area contributed by atoms with Crippen molar-refractivity contribution < 1.29 is 9.47 Å². The summed E-state index contributed by atoms with van der Waals surface area (Å²) >= 11 is 0. The van der Waals surface area contributed by atoms with E-state index in [1.807, 2.05) is 40.6 Å². The molecule has 1 aliphatic rings. The summed E-state index contributed by atoms with van der Waals surface area (Å²) in [7, 11) is 3.27. The van der Waals surface area contributed by atoms with Crippen LogP contribution < -0.4 is 9.47 Å². The molecule has 0 N–H and O–H groups in total. The van der Waals surface area contributed by atoms with Gasteiger partial charge in [-0.05, 0) is 55.7 Å². The zero-order chi connectivity index (χ0) is 25.4. The predicted octanol–water partition coefficient (Wildman–Crippen LogP) is 4.23. The highest BCUT2D eigenvalue weighted by molar-refractivity contribution is 5.65. The minimum absolute atomic E-state index is 0.0819. The third-order valence-corrected chi connectivity index (χ3v) is 6.56. The van der Waals surface area contributed by atoms with Gasteiger partial charge in [0.1, 0.15) is 23.0 Å². The van der Waals surface area contributed by atoms with Crippen molar-refractivity contribution in [1.29, 1.82) is 0 Å². The average Bonchev–Trinajstić information content (AvgIpc) is 3.59. The van der Waals surface area contributed by atoms with Crippen LogP contribution in [0.4, 0.5) is 0 Å². The average molecular weight is 495 g/mol. The molecule has 10 heteroatoms. The SMILES string of the molecule is COc1ccc([C@@H]2CCCn3nc(-c4ccc(-n5cnc(C)c5)c(OC)n4)nc32)cc1-c1ncccn1. The molecule has 0 fully saturated rings. The van der Waals surface area contributed by atoms with Crippen LogP contribution in [0.15, 0.2) is 61.3 Å². The van der Waals surface area contributed by atoms with Gasteiger partial charge in [0.25, 0.3) is 0 Å². The van der Waals surface area contributed by atoms with Crippen LogP contribution in [-0.2, 0) is 6.54 Å². The first-order valence-electron chi connectivity index (χ1n) is 12.1. The summed E-state index contributed by atoms with van der Waals surface area (Å²) in [5, 5.41) is 4.81. The topological polar surface area (TPSA) is 106 Å². The summed E-state index contributed by atoms with van der Waals surface area (Å²) in [6, 6.07) is 11.8. The number of pyridine rings is 1. The Morgan fingerprint density at radius 2 is 1.81 bits per heavy atom. The lowest BCUT2D eigenvalue weighted by Crippen LogP contribution is -2.18. The number of imidazole rings is 1. The predicted molar refractivity (Wildman–Crippen MR) is 137 cm³/mol. The summed E-state index contributed by atoms with van der Waals surface area (Å²) in [5.41, 5.74) is 4.36. The second-order valence-electron chi connectivity index (χ2n) is 8.89. The Kier molecular flexibility index (Phi) is 5.84. The molecule has 0 spiro atoms. The molecule has 0 aliphatic carbocycles. The number of benzene rings is 1. The van der Waals surface area contributed by atoms with Crippen molar-refractivity contribution in [3.63, 3.8) is 0 Å². The summed E-state index contributed by atoms with van der Waals surface area (Å²) in [5.74, 6) is 3.43. The second-order valence-corrected chi connectivity index (χ2v) is 8.89. The van der Waals surface area contributed by atoms with E-state index in [9.17, 15) is 0 Å². The molecule has 1 aliphatic heterocycles. The molecule has 0 bridgehead atoms. The summed E-state index contributed by atoms with van der Waals surface area (Å²) in [6.07, 6.45) is 9.11. The molecule has 5 aromatic rings. The number of rotatable bonds is 6. The number of hydrogen-bond donors (Lipinski definition) is 0. The number of aryl methyl sites for hydroxylation is 2. The van der Waals surface area contributed by atoms with Crippen molar-refractivity contribution >= 4 is 0 Å². The van der Waals surface area contributed by atoms with E-state index in [0.29, 0.717) is 23.2 Å². The van der Waals surface area contributed by atoms with Gasteiger partial charge >= 0.3 is 0 Å². The number of ether oxygens (including phenoxy) is 2. The molecule has 0 amide bonds. The molecule has 10 nitrogen and oxygen atoms in total. The van der Waals surface area contributed by atoms with E-state index in [2.05, 4.69) is 27.1 Å². The Balaban J connectivity index is 1.37. The summed E-state index contributed by atoms with van der Waals surface area (Å²) < 4.78 is 15.1. The molecule has 1 atom stereocenters. The first-order chi connectivity index (χ1) is 18.1. The normalized spacial score (nSPS) is 14.8. The maximum absolute atomic E-state index is 5.60. The molecule has 186 valence electrons. The Morgan fingerprint density at radius 3 is 2.57 bits per heavy atom. The monoisotopic (exact) mass is 494 g/mol. The van der Waals surface area contributed by atoms with Crippen LogP contribution >= 0.6 is 0 Å². The Hall–Kier alpha value is -4.60. The van der Waals surface area contributed by atoms with Gasteiger partial charge < -0.3 is 14.0 Å². The minimum atomic E-state index is 0.0819. The van der Waals surface area contributed by atoms with E-state index in [1.54, 1.807) is 39.0 Å². The van der Waals surface area contributed by atoms with Gasteiger partial charge in [-0.2, -0.15) is 0 Å². The number of methoxy groups -OCH3 is 2. The fourth-order valence-corrected chi connectivity index (χ4v) is 4.79. The van der Waals surface area contributed by atoms with Crippen molar-refractivity contribution in [3.05, 3.63) is 78.4 Å². The van der Waals surface area contributed by atoms with Crippen molar-refractivity contribution in [2.24, 2.45) is 0 Å².